The molecule has 0 spiro atoms. The molecule has 4 unspecified atom stereocenters. The average molecular weight is 372 g/mol. The van der Waals surface area contributed by atoms with E-state index < -0.39 is 17.7 Å². The van der Waals surface area contributed by atoms with Crippen molar-refractivity contribution >= 4 is 17.7 Å². The van der Waals surface area contributed by atoms with E-state index in [1.54, 1.807) is 12.1 Å². The molecular weight excluding hydrogens is 348 g/mol. The zero-order valence-corrected chi connectivity index (χ0v) is 15.7. The molecule has 7 nitrogen and oxygen atoms in total. The topological polar surface area (TPSA) is 84.9 Å². The van der Waals surface area contributed by atoms with Crippen LogP contribution in [0.5, 0.6) is 5.75 Å². The van der Waals surface area contributed by atoms with E-state index in [4.69, 9.17) is 9.47 Å². The van der Waals surface area contributed by atoms with Gasteiger partial charge in [0.1, 0.15) is 5.75 Å². The van der Waals surface area contributed by atoms with Gasteiger partial charge in [-0.25, -0.2) is 0 Å². The molecule has 0 aliphatic carbocycles. The summed E-state index contributed by atoms with van der Waals surface area (Å²) >= 11 is 0. The highest BCUT2D eigenvalue weighted by Gasteiger charge is 2.62. The number of nitrogens with zero attached hydrogens (tertiary/aromatic N) is 1. The van der Waals surface area contributed by atoms with Gasteiger partial charge in [0, 0.05) is 0 Å². The zero-order chi connectivity index (χ0) is 19.3. The molecule has 3 aliphatic heterocycles. The summed E-state index contributed by atoms with van der Waals surface area (Å²) in [5.74, 6) is -1.64. The molecular formula is C20H24N2O5. The van der Waals surface area contributed by atoms with E-state index in [0.717, 1.165) is 23.4 Å². The SMILES string of the molecule is CC(C)(C)c1ccc(OCC(=O)NN2C(=O)C3C4CCC(O4)C3C2=O)cc1. The van der Waals surface area contributed by atoms with Gasteiger partial charge in [0.25, 0.3) is 17.7 Å². The van der Waals surface area contributed by atoms with Crippen LogP contribution < -0.4 is 10.2 Å². The van der Waals surface area contributed by atoms with E-state index in [1.165, 1.54) is 0 Å². The Morgan fingerprint density at radius 3 is 2.19 bits per heavy atom. The van der Waals surface area contributed by atoms with Crippen molar-refractivity contribution in [2.75, 3.05) is 6.61 Å². The second-order valence-corrected chi connectivity index (χ2v) is 8.45. The van der Waals surface area contributed by atoms with E-state index in [-0.39, 0.29) is 36.0 Å². The molecule has 3 saturated heterocycles. The van der Waals surface area contributed by atoms with Crippen LogP contribution in [0.2, 0.25) is 0 Å². The van der Waals surface area contributed by atoms with Gasteiger partial charge in [-0.05, 0) is 36.0 Å². The Kier molecular flexibility index (Phi) is 4.22. The number of carbonyl (C=O) groups excluding carboxylic acids is 3. The molecule has 0 saturated carbocycles. The Morgan fingerprint density at radius 2 is 1.67 bits per heavy atom. The van der Waals surface area contributed by atoms with Gasteiger partial charge in [-0.1, -0.05) is 32.9 Å². The van der Waals surface area contributed by atoms with Gasteiger partial charge in [0.2, 0.25) is 0 Å². The van der Waals surface area contributed by atoms with Crippen molar-refractivity contribution in [1.82, 2.24) is 10.4 Å². The summed E-state index contributed by atoms with van der Waals surface area (Å²) in [4.78, 5) is 37.2. The van der Waals surface area contributed by atoms with E-state index in [1.807, 2.05) is 12.1 Å². The Morgan fingerprint density at radius 1 is 1.11 bits per heavy atom. The first-order valence-electron chi connectivity index (χ1n) is 9.32. The number of carbonyl (C=O) groups is 3. The van der Waals surface area contributed by atoms with Crippen molar-refractivity contribution in [3.05, 3.63) is 29.8 Å². The summed E-state index contributed by atoms with van der Waals surface area (Å²) in [6, 6.07) is 7.52. The molecule has 7 heteroatoms. The number of fused-ring (bicyclic) bond motifs is 5. The fraction of sp³-hybridized carbons (Fsp3) is 0.550. The van der Waals surface area contributed by atoms with E-state index in [2.05, 4.69) is 26.2 Å². The maximum atomic E-state index is 12.5. The smallest absolute Gasteiger partial charge is 0.276 e. The minimum absolute atomic E-state index is 0.0353. The lowest BCUT2D eigenvalue weighted by Gasteiger charge is -2.19. The van der Waals surface area contributed by atoms with Gasteiger partial charge in [-0.15, -0.1) is 0 Å². The summed E-state index contributed by atoms with van der Waals surface area (Å²) < 4.78 is 11.1. The van der Waals surface area contributed by atoms with Crippen LogP contribution in [0.15, 0.2) is 24.3 Å². The van der Waals surface area contributed by atoms with Gasteiger partial charge in [-0.2, -0.15) is 5.01 Å². The molecule has 1 aromatic carbocycles. The van der Waals surface area contributed by atoms with Gasteiger partial charge in [-0.3, -0.25) is 19.8 Å². The Labute approximate surface area is 158 Å². The first-order valence-corrected chi connectivity index (χ1v) is 9.32. The molecule has 3 amide bonds. The van der Waals surface area contributed by atoms with Crippen LogP contribution in [-0.2, 0) is 24.5 Å². The number of hydrazine groups is 1. The number of hydrogen-bond acceptors (Lipinski definition) is 5. The summed E-state index contributed by atoms with van der Waals surface area (Å²) in [7, 11) is 0. The van der Waals surface area contributed by atoms with Crippen molar-refractivity contribution in [2.45, 2.75) is 51.2 Å². The highest BCUT2D eigenvalue weighted by molar-refractivity contribution is 6.07. The van der Waals surface area contributed by atoms with Crippen molar-refractivity contribution in [1.29, 1.82) is 0 Å². The van der Waals surface area contributed by atoms with Crippen molar-refractivity contribution in [3.63, 3.8) is 0 Å². The number of imide groups is 1. The summed E-state index contributed by atoms with van der Waals surface area (Å²) in [6.07, 6.45) is 1.19. The number of nitrogens with one attached hydrogen (secondary N) is 1. The first kappa shape index (κ1) is 18.0. The summed E-state index contributed by atoms with van der Waals surface area (Å²) in [6.45, 7) is 6.08. The predicted octanol–water partition coefficient (Wildman–Crippen LogP) is 1.56. The minimum atomic E-state index is -0.537. The molecule has 3 aliphatic rings. The average Bonchev–Trinajstić information content (AvgIpc) is 3.29. The number of benzene rings is 1. The highest BCUT2D eigenvalue weighted by atomic mass is 16.5. The predicted molar refractivity (Wildman–Crippen MR) is 95.5 cm³/mol. The number of amides is 3. The molecule has 27 heavy (non-hydrogen) atoms. The molecule has 2 bridgehead atoms. The van der Waals surface area contributed by atoms with Gasteiger partial charge >= 0.3 is 0 Å². The van der Waals surface area contributed by atoms with E-state index in [0.29, 0.717) is 5.75 Å². The maximum Gasteiger partial charge on any atom is 0.276 e. The largest absolute Gasteiger partial charge is 0.484 e. The molecule has 144 valence electrons. The van der Waals surface area contributed by atoms with Crippen LogP contribution >= 0.6 is 0 Å². The second kappa shape index (κ2) is 6.34. The van der Waals surface area contributed by atoms with E-state index in [9.17, 15) is 14.4 Å². The van der Waals surface area contributed by atoms with Gasteiger partial charge in [0.05, 0.1) is 24.0 Å². The normalized spacial score (nSPS) is 29.2. The van der Waals surface area contributed by atoms with Crippen molar-refractivity contribution in [3.8, 4) is 5.75 Å². The lowest BCUT2D eigenvalue weighted by atomic mass is 9.81. The van der Waals surface area contributed by atoms with E-state index >= 15 is 0 Å². The lowest BCUT2D eigenvalue weighted by molar-refractivity contribution is -0.151. The standard InChI is InChI=1S/C20H24N2O5/c1-20(2,3)11-4-6-12(7-5-11)26-10-15(23)21-22-18(24)16-13-8-9-14(27-13)17(16)19(22)25/h4-7,13-14,16-17H,8-10H2,1-3H3,(H,21,23). The third kappa shape index (κ3) is 3.10. The van der Waals surface area contributed by atoms with Crippen molar-refractivity contribution < 1.29 is 23.9 Å². The second-order valence-electron chi connectivity index (χ2n) is 8.45. The van der Waals surface area contributed by atoms with Crippen LogP contribution in [0.4, 0.5) is 0 Å². The summed E-state index contributed by atoms with van der Waals surface area (Å²) in [5.41, 5.74) is 3.59. The lowest BCUT2D eigenvalue weighted by Crippen LogP contribution is -2.49. The molecule has 3 fully saturated rings. The third-order valence-electron chi connectivity index (χ3n) is 5.61. The molecule has 1 aromatic rings. The molecule has 4 rings (SSSR count). The molecule has 0 radical (unpaired) electrons. The molecule has 0 aromatic heterocycles. The zero-order valence-electron chi connectivity index (χ0n) is 15.7. The van der Waals surface area contributed by atoms with Crippen LogP contribution in [0.25, 0.3) is 0 Å². The first-order chi connectivity index (χ1) is 12.8. The Bertz CT molecular complexity index is 755. The third-order valence-corrected chi connectivity index (χ3v) is 5.61. The number of ether oxygens (including phenoxy) is 2. The van der Waals surface area contributed by atoms with Crippen LogP contribution in [-0.4, -0.2) is 41.5 Å². The molecule has 4 atom stereocenters. The number of rotatable bonds is 4. The fourth-order valence-corrected chi connectivity index (χ4v) is 4.18. The minimum Gasteiger partial charge on any atom is -0.484 e. The maximum absolute atomic E-state index is 12.5. The molecule has 1 N–H and O–H groups in total. The van der Waals surface area contributed by atoms with Crippen LogP contribution in [0.1, 0.15) is 39.2 Å². The van der Waals surface area contributed by atoms with Gasteiger partial charge in [0.15, 0.2) is 6.61 Å². The van der Waals surface area contributed by atoms with Crippen molar-refractivity contribution in [2.24, 2.45) is 11.8 Å². The highest BCUT2D eigenvalue weighted by Crippen LogP contribution is 2.47. The number of hydrogen-bond donors (Lipinski definition) is 1. The monoisotopic (exact) mass is 372 g/mol. The Hall–Kier alpha value is -2.41. The Balaban J connectivity index is 1.33. The fourth-order valence-electron chi connectivity index (χ4n) is 4.18. The van der Waals surface area contributed by atoms with Crippen LogP contribution in [0.3, 0.4) is 0 Å². The molecule has 3 heterocycles. The van der Waals surface area contributed by atoms with Gasteiger partial charge < -0.3 is 9.47 Å². The van der Waals surface area contributed by atoms with Crippen LogP contribution in [0, 0.1) is 11.8 Å². The summed E-state index contributed by atoms with van der Waals surface area (Å²) in [5, 5.41) is 0.859. The quantitative estimate of drug-likeness (QED) is 0.811.